The first-order chi connectivity index (χ1) is 7.65. The van der Waals surface area contributed by atoms with Crippen molar-refractivity contribution < 1.29 is 4.74 Å². The maximum atomic E-state index is 6.00. The molecule has 2 unspecified atom stereocenters. The van der Waals surface area contributed by atoms with Crippen LogP contribution < -0.4 is 5.32 Å². The third-order valence-corrected chi connectivity index (χ3v) is 4.02. The summed E-state index contributed by atoms with van der Waals surface area (Å²) in [5.41, 5.74) is 0.155. The van der Waals surface area contributed by atoms with E-state index in [1.165, 1.54) is 25.7 Å². The lowest BCUT2D eigenvalue weighted by atomic mass is 9.85. The van der Waals surface area contributed by atoms with E-state index in [0.717, 1.165) is 19.4 Å². The molecular formula is C14H29NO. The molecule has 0 spiro atoms. The molecule has 1 saturated heterocycles. The summed E-state index contributed by atoms with van der Waals surface area (Å²) in [5.74, 6) is 0. The van der Waals surface area contributed by atoms with Gasteiger partial charge in [-0.05, 0) is 39.0 Å². The van der Waals surface area contributed by atoms with E-state index in [4.69, 9.17) is 4.74 Å². The highest BCUT2D eigenvalue weighted by atomic mass is 16.5. The molecule has 2 heteroatoms. The van der Waals surface area contributed by atoms with E-state index in [-0.39, 0.29) is 5.60 Å². The van der Waals surface area contributed by atoms with Crippen molar-refractivity contribution in [3.63, 3.8) is 0 Å². The van der Waals surface area contributed by atoms with Crippen molar-refractivity contribution in [1.29, 1.82) is 0 Å². The van der Waals surface area contributed by atoms with Crippen molar-refractivity contribution in [1.82, 2.24) is 5.32 Å². The van der Waals surface area contributed by atoms with Crippen molar-refractivity contribution in [3.05, 3.63) is 0 Å². The Labute approximate surface area is 101 Å². The van der Waals surface area contributed by atoms with Crippen molar-refractivity contribution in [2.75, 3.05) is 6.61 Å². The van der Waals surface area contributed by atoms with Crippen molar-refractivity contribution >= 4 is 0 Å². The maximum Gasteiger partial charge on any atom is 0.0692 e. The van der Waals surface area contributed by atoms with Gasteiger partial charge >= 0.3 is 0 Å². The summed E-state index contributed by atoms with van der Waals surface area (Å²) in [4.78, 5) is 0. The van der Waals surface area contributed by atoms with Crippen molar-refractivity contribution in [3.8, 4) is 0 Å². The molecule has 2 atom stereocenters. The van der Waals surface area contributed by atoms with Crippen LogP contribution in [0.1, 0.15) is 66.2 Å². The van der Waals surface area contributed by atoms with Gasteiger partial charge in [-0.25, -0.2) is 0 Å². The van der Waals surface area contributed by atoms with E-state index >= 15 is 0 Å². The molecule has 0 amide bonds. The predicted molar refractivity (Wildman–Crippen MR) is 69.8 cm³/mol. The molecule has 1 rings (SSSR count). The van der Waals surface area contributed by atoms with Gasteiger partial charge in [-0.2, -0.15) is 0 Å². The van der Waals surface area contributed by atoms with Gasteiger partial charge in [-0.15, -0.1) is 0 Å². The molecule has 16 heavy (non-hydrogen) atoms. The zero-order valence-corrected chi connectivity index (χ0v) is 11.5. The maximum absolute atomic E-state index is 6.00. The minimum atomic E-state index is 0.155. The lowest BCUT2D eigenvalue weighted by Gasteiger charge is -2.41. The summed E-state index contributed by atoms with van der Waals surface area (Å²) < 4.78 is 6.00. The second-order valence-corrected chi connectivity index (χ2v) is 5.28. The second-order valence-electron chi connectivity index (χ2n) is 5.28. The highest BCUT2D eigenvalue weighted by molar-refractivity contribution is 4.88. The van der Waals surface area contributed by atoms with Crippen LogP contribution in [0.5, 0.6) is 0 Å². The van der Waals surface area contributed by atoms with Gasteiger partial charge in [0, 0.05) is 18.7 Å². The van der Waals surface area contributed by atoms with Crippen LogP contribution in [-0.4, -0.2) is 24.3 Å². The van der Waals surface area contributed by atoms with Crippen molar-refractivity contribution in [2.45, 2.75) is 83.9 Å². The van der Waals surface area contributed by atoms with Gasteiger partial charge in [0.15, 0.2) is 0 Å². The normalized spacial score (nSPS) is 26.6. The number of nitrogens with one attached hydrogen (secondary N) is 1. The van der Waals surface area contributed by atoms with Crippen LogP contribution >= 0.6 is 0 Å². The van der Waals surface area contributed by atoms with Gasteiger partial charge in [0.1, 0.15) is 0 Å². The van der Waals surface area contributed by atoms with Gasteiger partial charge in [-0.3, -0.25) is 0 Å². The number of rotatable bonds is 6. The lowest BCUT2D eigenvalue weighted by molar-refractivity contribution is -0.0939. The molecule has 0 bridgehead atoms. The Bertz CT molecular complexity index is 189. The van der Waals surface area contributed by atoms with Gasteiger partial charge in [-0.1, -0.05) is 27.2 Å². The molecule has 96 valence electrons. The second kappa shape index (κ2) is 6.61. The molecular weight excluding hydrogens is 198 g/mol. The molecule has 1 aliphatic rings. The Morgan fingerprint density at radius 3 is 2.56 bits per heavy atom. The summed E-state index contributed by atoms with van der Waals surface area (Å²) in [7, 11) is 0. The smallest absolute Gasteiger partial charge is 0.0692 e. The summed E-state index contributed by atoms with van der Waals surface area (Å²) in [6, 6.07) is 1.31. The minimum absolute atomic E-state index is 0.155. The molecule has 0 aromatic carbocycles. The van der Waals surface area contributed by atoms with Gasteiger partial charge < -0.3 is 10.1 Å². The van der Waals surface area contributed by atoms with Crippen LogP contribution in [0.15, 0.2) is 0 Å². The first-order valence-corrected chi connectivity index (χ1v) is 7.05. The van der Waals surface area contributed by atoms with E-state index in [1.54, 1.807) is 0 Å². The highest BCUT2D eigenvalue weighted by Gasteiger charge is 2.34. The fourth-order valence-electron chi connectivity index (χ4n) is 2.83. The molecule has 0 aromatic heterocycles. The van der Waals surface area contributed by atoms with Gasteiger partial charge in [0.05, 0.1) is 5.60 Å². The monoisotopic (exact) mass is 227 g/mol. The summed E-state index contributed by atoms with van der Waals surface area (Å²) in [6.07, 6.45) is 7.20. The summed E-state index contributed by atoms with van der Waals surface area (Å²) in [6.45, 7) is 9.99. The number of ether oxygens (including phenoxy) is 1. The zero-order valence-electron chi connectivity index (χ0n) is 11.5. The quantitative estimate of drug-likeness (QED) is 0.750. The van der Waals surface area contributed by atoms with Crippen LogP contribution in [0.4, 0.5) is 0 Å². The Morgan fingerprint density at radius 2 is 2.00 bits per heavy atom. The van der Waals surface area contributed by atoms with Crippen LogP contribution in [0, 0.1) is 0 Å². The van der Waals surface area contributed by atoms with E-state index in [9.17, 15) is 0 Å². The third-order valence-electron chi connectivity index (χ3n) is 4.02. The fraction of sp³-hybridized carbons (Fsp3) is 1.00. The lowest BCUT2D eigenvalue weighted by Crippen LogP contribution is -2.48. The van der Waals surface area contributed by atoms with Crippen LogP contribution in [-0.2, 0) is 4.74 Å². The molecule has 0 aromatic rings. The van der Waals surface area contributed by atoms with E-state index in [2.05, 4.69) is 33.0 Å². The average molecular weight is 227 g/mol. The predicted octanol–water partition coefficient (Wildman–Crippen LogP) is 3.50. The molecule has 1 aliphatic heterocycles. The number of hydrogen-bond donors (Lipinski definition) is 1. The Kier molecular flexibility index (Phi) is 5.77. The number of hydrogen-bond acceptors (Lipinski definition) is 2. The van der Waals surface area contributed by atoms with Crippen LogP contribution in [0.2, 0.25) is 0 Å². The summed E-state index contributed by atoms with van der Waals surface area (Å²) in [5, 5.41) is 3.76. The molecule has 0 radical (unpaired) electrons. The minimum Gasteiger partial charge on any atom is -0.375 e. The topological polar surface area (TPSA) is 21.3 Å². The Hall–Kier alpha value is -0.0800. The Balaban J connectivity index is 2.43. The molecule has 0 saturated carbocycles. The van der Waals surface area contributed by atoms with E-state index in [0.29, 0.717) is 12.1 Å². The largest absolute Gasteiger partial charge is 0.375 e. The molecule has 2 nitrogen and oxygen atoms in total. The van der Waals surface area contributed by atoms with E-state index < -0.39 is 0 Å². The SMILES string of the molecule is CCCC(C)NC1CCOC(CC)(CC)C1. The first kappa shape index (κ1) is 14.0. The van der Waals surface area contributed by atoms with Crippen LogP contribution in [0.3, 0.4) is 0 Å². The average Bonchev–Trinajstić information content (AvgIpc) is 2.29. The first-order valence-electron chi connectivity index (χ1n) is 7.05. The Morgan fingerprint density at radius 1 is 1.31 bits per heavy atom. The highest BCUT2D eigenvalue weighted by Crippen LogP contribution is 2.31. The molecule has 1 fully saturated rings. The third kappa shape index (κ3) is 3.74. The zero-order chi connectivity index (χ0) is 12.0. The standard InChI is InChI=1S/C14H29NO/c1-5-8-12(4)15-13-9-10-16-14(6-2,7-3)11-13/h12-13,15H,5-11H2,1-4H3. The van der Waals surface area contributed by atoms with Crippen molar-refractivity contribution in [2.24, 2.45) is 0 Å². The molecule has 1 N–H and O–H groups in total. The van der Waals surface area contributed by atoms with Crippen LogP contribution in [0.25, 0.3) is 0 Å². The molecule has 1 heterocycles. The summed E-state index contributed by atoms with van der Waals surface area (Å²) >= 11 is 0. The fourth-order valence-corrected chi connectivity index (χ4v) is 2.83. The molecule has 0 aliphatic carbocycles. The van der Waals surface area contributed by atoms with E-state index in [1.807, 2.05) is 0 Å². The van der Waals surface area contributed by atoms with Gasteiger partial charge in [0.2, 0.25) is 0 Å². The van der Waals surface area contributed by atoms with Gasteiger partial charge in [0.25, 0.3) is 0 Å².